The maximum Gasteiger partial charge on any atom is 0.271 e. The molecule has 0 radical (unpaired) electrons. The van der Waals surface area contributed by atoms with Gasteiger partial charge in [-0.25, -0.2) is 4.68 Å². The minimum absolute atomic E-state index is 0.0850. The molecule has 0 aliphatic carbocycles. The minimum atomic E-state index is -0.559. The SMILES string of the molecule is CC(Sc1nnc(C(C)(C)C)n1N)C(=O)Nc1ccc([N+](=O)[O-])cc1Cl. The number of amides is 1. The number of aromatic nitrogens is 3. The largest absolute Gasteiger partial charge is 0.336 e. The number of nitro benzene ring substituents is 1. The average Bonchev–Trinajstić information content (AvgIpc) is 2.90. The van der Waals surface area contributed by atoms with E-state index in [0.717, 1.165) is 11.8 Å². The Bertz CT molecular complexity index is 848. The quantitative estimate of drug-likeness (QED) is 0.342. The Morgan fingerprint density at radius 3 is 2.58 bits per heavy atom. The molecule has 0 aliphatic rings. The number of nitrogens with two attached hydrogens (primary N) is 1. The van der Waals surface area contributed by atoms with E-state index in [2.05, 4.69) is 15.5 Å². The summed E-state index contributed by atoms with van der Waals surface area (Å²) in [6.07, 6.45) is 0. The number of rotatable bonds is 5. The number of hydrogen-bond donors (Lipinski definition) is 2. The van der Waals surface area contributed by atoms with Crippen LogP contribution in [0.15, 0.2) is 23.4 Å². The summed E-state index contributed by atoms with van der Waals surface area (Å²) in [5.74, 6) is 6.27. The lowest BCUT2D eigenvalue weighted by Crippen LogP contribution is -2.26. The highest BCUT2D eigenvalue weighted by Gasteiger charge is 2.25. The number of carbonyl (C=O) groups excluding carboxylic acids is 1. The number of carbonyl (C=O) groups is 1. The molecular formula is C15H19ClN6O3S. The molecule has 3 N–H and O–H groups in total. The molecular weight excluding hydrogens is 380 g/mol. The molecule has 26 heavy (non-hydrogen) atoms. The first-order valence-corrected chi connectivity index (χ1v) is 8.89. The summed E-state index contributed by atoms with van der Waals surface area (Å²) in [7, 11) is 0. The fourth-order valence-electron chi connectivity index (χ4n) is 2.03. The van der Waals surface area contributed by atoms with Gasteiger partial charge in [-0.3, -0.25) is 14.9 Å². The number of non-ortho nitro benzene ring substituents is 1. The Labute approximate surface area is 159 Å². The summed E-state index contributed by atoms with van der Waals surface area (Å²) in [5, 5.41) is 21.4. The van der Waals surface area contributed by atoms with Crippen molar-refractivity contribution in [3.05, 3.63) is 39.2 Å². The van der Waals surface area contributed by atoms with Gasteiger partial charge in [0.05, 0.1) is 20.9 Å². The standard InChI is InChI=1S/C15H19ClN6O3S/c1-8(26-14-20-19-13(21(14)17)15(2,3)4)12(23)18-11-6-5-9(22(24)25)7-10(11)16/h5-8H,17H2,1-4H3,(H,18,23). The zero-order chi connectivity index (χ0) is 19.6. The Balaban J connectivity index is 2.09. The fraction of sp³-hybridized carbons (Fsp3) is 0.400. The van der Waals surface area contributed by atoms with E-state index in [-0.39, 0.29) is 22.0 Å². The molecule has 11 heteroatoms. The van der Waals surface area contributed by atoms with Gasteiger partial charge in [-0.2, -0.15) is 0 Å². The summed E-state index contributed by atoms with van der Waals surface area (Å²) in [4.78, 5) is 22.6. The predicted molar refractivity (Wildman–Crippen MR) is 101 cm³/mol. The highest BCUT2D eigenvalue weighted by atomic mass is 35.5. The molecule has 0 aliphatic heterocycles. The number of benzene rings is 1. The number of halogens is 1. The van der Waals surface area contributed by atoms with E-state index >= 15 is 0 Å². The van der Waals surface area contributed by atoms with Gasteiger partial charge in [-0.05, 0) is 13.0 Å². The number of nitrogen functional groups attached to an aromatic ring is 1. The van der Waals surface area contributed by atoms with E-state index in [4.69, 9.17) is 17.4 Å². The number of anilines is 1. The molecule has 9 nitrogen and oxygen atoms in total. The Hall–Kier alpha value is -2.33. The molecule has 140 valence electrons. The molecule has 0 bridgehead atoms. The van der Waals surface area contributed by atoms with Gasteiger partial charge in [0.15, 0.2) is 5.82 Å². The van der Waals surface area contributed by atoms with Crippen molar-refractivity contribution >= 4 is 40.6 Å². The van der Waals surface area contributed by atoms with Crippen molar-refractivity contribution in [2.75, 3.05) is 11.2 Å². The molecule has 0 spiro atoms. The van der Waals surface area contributed by atoms with Crippen molar-refractivity contribution in [2.45, 2.75) is 43.5 Å². The van der Waals surface area contributed by atoms with Crippen LogP contribution in [0.25, 0.3) is 0 Å². The van der Waals surface area contributed by atoms with Gasteiger partial charge < -0.3 is 11.2 Å². The highest BCUT2D eigenvalue weighted by molar-refractivity contribution is 8.00. The number of thioether (sulfide) groups is 1. The van der Waals surface area contributed by atoms with Gasteiger partial charge in [0.25, 0.3) is 5.69 Å². The molecule has 2 aromatic rings. The smallest absolute Gasteiger partial charge is 0.271 e. The monoisotopic (exact) mass is 398 g/mol. The van der Waals surface area contributed by atoms with Gasteiger partial charge in [0.2, 0.25) is 11.1 Å². The first-order chi connectivity index (χ1) is 12.0. The van der Waals surface area contributed by atoms with E-state index in [1.165, 1.54) is 22.9 Å². The van der Waals surface area contributed by atoms with Gasteiger partial charge in [-0.1, -0.05) is 44.1 Å². The van der Waals surface area contributed by atoms with Crippen molar-refractivity contribution in [2.24, 2.45) is 0 Å². The van der Waals surface area contributed by atoms with Crippen LogP contribution in [0.1, 0.15) is 33.5 Å². The second-order valence-corrected chi connectivity index (χ2v) is 8.31. The Morgan fingerprint density at radius 2 is 2.08 bits per heavy atom. The van der Waals surface area contributed by atoms with E-state index in [1.807, 2.05) is 20.8 Å². The van der Waals surface area contributed by atoms with Crippen molar-refractivity contribution in [3.8, 4) is 0 Å². The molecule has 0 saturated heterocycles. The van der Waals surface area contributed by atoms with Crippen molar-refractivity contribution in [3.63, 3.8) is 0 Å². The summed E-state index contributed by atoms with van der Waals surface area (Å²) >= 11 is 7.14. The molecule has 1 atom stereocenters. The summed E-state index contributed by atoms with van der Waals surface area (Å²) in [6, 6.07) is 3.84. The van der Waals surface area contributed by atoms with Gasteiger partial charge in [-0.15, -0.1) is 10.2 Å². The lowest BCUT2D eigenvalue weighted by Gasteiger charge is -2.17. The topological polar surface area (TPSA) is 129 Å². The van der Waals surface area contributed by atoms with Crippen LogP contribution in [-0.2, 0) is 10.2 Å². The summed E-state index contributed by atoms with van der Waals surface area (Å²) < 4.78 is 1.37. The molecule has 0 fully saturated rings. The van der Waals surface area contributed by atoms with Crippen LogP contribution in [0.2, 0.25) is 5.02 Å². The maximum absolute atomic E-state index is 12.4. The number of nitro groups is 1. The molecule has 0 saturated carbocycles. The molecule has 1 heterocycles. The second kappa shape index (κ2) is 7.50. The third-order valence-corrected chi connectivity index (χ3v) is 4.78. The third-order valence-electron chi connectivity index (χ3n) is 3.41. The second-order valence-electron chi connectivity index (χ2n) is 6.60. The van der Waals surface area contributed by atoms with Crippen LogP contribution in [-0.4, -0.2) is 31.0 Å². The van der Waals surface area contributed by atoms with Crippen molar-refractivity contribution in [1.82, 2.24) is 14.9 Å². The van der Waals surface area contributed by atoms with Crippen molar-refractivity contribution < 1.29 is 9.72 Å². The Morgan fingerprint density at radius 1 is 1.42 bits per heavy atom. The number of nitrogens with zero attached hydrogens (tertiary/aromatic N) is 4. The van der Waals surface area contributed by atoms with Crippen LogP contribution in [0, 0.1) is 10.1 Å². The maximum atomic E-state index is 12.4. The lowest BCUT2D eigenvalue weighted by molar-refractivity contribution is -0.384. The van der Waals surface area contributed by atoms with Crippen LogP contribution in [0.5, 0.6) is 0 Å². The molecule has 1 unspecified atom stereocenters. The predicted octanol–water partition coefficient (Wildman–Crippen LogP) is 2.97. The number of nitrogens with one attached hydrogen (secondary N) is 1. The van der Waals surface area contributed by atoms with Crippen LogP contribution in [0.4, 0.5) is 11.4 Å². The molecule has 1 amide bonds. The first kappa shape index (κ1) is 20.0. The average molecular weight is 399 g/mol. The van der Waals surface area contributed by atoms with Gasteiger partial charge in [0, 0.05) is 17.5 Å². The van der Waals surface area contributed by atoms with Gasteiger partial charge in [0.1, 0.15) is 0 Å². The summed E-state index contributed by atoms with van der Waals surface area (Å²) in [6.45, 7) is 7.56. The first-order valence-electron chi connectivity index (χ1n) is 7.63. The summed E-state index contributed by atoms with van der Waals surface area (Å²) in [5.41, 5.74) is -0.140. The lowest BCUT2D eigenvalue weighted by atomic mass is 9.96. The Kier molecular flexibility index (Phi) is 5.77. The molecule has 1 aromatic heterocycles. The van der Waals surface area contributed by atoms with E-state index in [1.54, 1.807) is 6.92 Å². The van der Waals surface area contributed by atoms with E-state index in [9.17, 15) is 14.9 Å². The minimum Gasteiger partial charge on any atom is -0.336 e. The van der Waals surface area contributed by atoms with Gasteiger partial charge >= 0.3 is 0 Å². The zero-order valence-corrected chi connectivity index (χ0v) is 16.3. The fourth-order valence-corrected chi connectivity index (χ4v) is 3.03. The van der Waals surface area contributed by atoms with E-state index in [0.29, 0.717) is 16.7 Å². The zero-order valence-electron chi connectivity index (χ0n) is 14.7. The normalized spacial score (nSPS) is 12.7. The van der Waals surface area contributed by atoms with Crippen LogP contribution in [0.3, 0.4) is 0 Å². The molecule has 1 aromatic carbocycles. The van der Waals surface area contributed by atoms with Crippen LogP contribution < -0.4 is 11.2 Å². The number of hydrogen-bond acceptors (Lipinski definition) is 7. The highest BCUT2D eigenvalue weighted by Crippen LogP contribution is 2.29. The van der Waals surface area contributed by atoms with Crippen LogP contribution >= 0.6 is 23.4 Å². The van der Waals surface area contributed by atoms with E-state index < -0.39 is 10.2 Å². The third kappa shape index (κ3) is 4.44. The molecule has 2 rings (SSSR count). The van der Waals surface area contributed by atoms with Crippen molar-refractivity contribution in [1.29, 1.82) is 0 Å².